The minimum Gasteiger partial charge on any atom is -0.444 e. The SMILES string of the molecule is CCN(CCCNCCC(C)C)C(=O)OC(C)(C)C. The quantitative estimate of drug-likeness (QED) is 0.690. The molecule has 4 nitrogen and oxygen atoms in total. The van der Waals surface area contributed by atoms with E-state index >= 15 is 0 Å². The van der Waals surface area contributed by atoms with Crippen molar-refractivity contribution in [3.05, 3.63) is 0 Å². The summed E-state index contributed by atoms with van der Waals surface area (Å²) in [6, 6.07) is 0. The molecule has 0 radical (unpaired) electrons. The third-order valence-electron chi connectivity index (χ3n) is 2.71. The summed E-state index contributed by atoms with van der Waals surface area (Å²) in [5.74, 6) is 0.737. The number of hydrogen-bond donors (Lipinski definition) is 1. The van der Waals surface area contributed by atoms with Crippen molar-refractivity contribution in [2.24, 2.45) is 5.92 Å². The molecule has 114 valence electrons. The van der Waals surface area contributed by atoms with Crippen molar-refractivity contribution >= 4 is 6.09 Å². The maximum absolute atomic E-state index is 11.9. The van der Waals surface area contributed by atoms with Gasteiger partial charge >= 0.3 is 6.09 Å². The molecule has 0 aromatic heterocycles. The van der Waals surface area contributed by atoms with Crippen LogP contribution in [0.4, 0.5) is 4.79 Å². The van der Waals surface area contributed by atoms with Crippen molar-refractivity contribution in [3.8, 4) is 0 Å². The van der Waals surface area contributed by atoms with Crippen molar-refractivity contribution in [2.45, 2.75) is 60.0 Å². The molecule has 0 heterocycles. The predicted molar refractivity (Wildman–Crippen MR) is 80.4 cm³/mol. The molecule has 0 fully saturated rings. The molecule has 0 unspecified atom stereocenters. The summed E-state index contributed by atoms with van der Waals surface area (Å²) in [5, 5.41) is 3.40. The molecule has 4 heteroatoms. The van der Waals surface area contributed by atoms with Gasteiger partial charge in [-0.2, -0.15) is 0 Å². The number of ether oxygens (including phenoxy) is 1. The van der Waals surface area contributed by atoms with Gasteiger partial charge in [-0.05, 0) is 59.5 Å². The summed E-state index contributed by atoms with van der Waals surface area (Å²) in [6.45, 7) is 15.6. The van der Waals surface area contributed by atoms with Gasteiger partial charge in [0.15, 0.2) is 0 Å². The molecule has 0 aromatic carbocycles. The van der Waals surface area contributed by atoms with Crippen molar-refractivity contribution < 1.29 is 9.53 Å². The lowest BCUT2D eigenvalue weighted by atomic mass is 10.1. The Kier molecular flexibility index (Phi) is 8.81. The van der Waals surface area contributed by atoms with Gasteiger partial charge in [-0.3, -0.25) is 0 Å². The molecule has 0 aliphatic heterocycles. The zero-order valence-corrected chi connectivity index (χ0v) is 13.6. The first kappa shape index (κ1) is 18.2. The Morgan fingerprint density at radius 1 is 1.26 bits per heavy atom. The molecule has 0 aromatic rings. The maximum Gasteiger partial charge on any atom is 0.410 e. The van der Waals surface area contributed by atoms with Crippen LogP contribution in [-0.2, 0) is 4.74 Å². The third-order valence-corrected chi connectivity index (χ3v) is 2.71. The zero-order valence-electron chi connectivity index (χ0n) is 13.6. The fourth-order valence-corrected chi connectivity index (χ4v) is 1.62. The maximum atomic E-state index is 11.9. The van der Waals surface area contributed by atoms with E-state index in [1.165, 1.54) is 6.42 Å². The van der Waals surface area contributed by atoms with Crippen molar-refractivity contribution in [1.29, 1.82) is 0 Å². The molecule has 0 bridgehead atoms. The highest BCUT2D eigenvalue weighted by Crippen LogP contribution is 2.09. The Morgan fingerprint density at radius 3 is 2.37 bits per heavy atom. The summed E-state index contributed by atoms with van der Waals surface area (Å²) < 4.78 is 5.37. The van der Waals surface area contributed by atoms with Crippen LogP contribution < -0.4 is 5.32 Å². The summed E-state index contributed by atoms with van der Waals surface area (Å²) in [4.78, 5) is 13.6. The second kappa shape index (κ2) is 9.18. The van der Waals surface area contributed by atoms with Gasteiger partial charge in [0.25, 0.3) is 0 Å². The van der Waals surface area contributed by atoms with Crippen LogP contribution in [0.5, 0.6) is 0 Å². The van der Waals surface area contributed by atoms with Crippen LogP contribution in [0.2, 0.25) is 0 Å². The van der Waals surface area contributed by atoms with Crippen LogP contribution >= 0.6 is 0 Å². The van der Waals surface area contributed by atoms with Crippen molar-refractivity contribution in [3.63, 3.8) is 0 Å². The summed E-state index contributed by atoms with van der Waals surface area (Å²) in [7, 11) is 0. The van der Waals surface area contributed by atoms with Crippen LogP contribution in [-0.4, -0.2) is 42.8 Å². The molecule has 0 rings (SSSR count). The molecule has 0 aliphatic carbocycles. The standard InChI is InChI=1S/C15H32N2O2/c1-7-17(14(18)19-15(4,5)6)12-8-10-16-11-9-13(2)3/h13,16H,7-12H2,1-6H3. The predicted octanol–water partition coefficient (Wildman–Crippen LogP) is 3.27. The lowest BCUT2D eigenvalue weighted by Gasteiger charge is -2.26. The first-order chi connectivity index (χ1) is 8.76. The molecular formula is C15H32N2O2. The molecular weight excluding hydrogens is 240 g/mol. The van der Waals surface area contributed by atoms with Gasteiger partial charge in [-0.15, -0.1) is 0 Å². The van der Waals surface area contributed by atoms with Gasteiger partial charge in [0.05, 0.1) is 0 Å². The Balaban J connectivity index is 3.79. The van der Waals surface area contributed by atoms with Crippen molar-refractivity contribution in [1.82, 2.24) is 10.2 Å². The molecule has 0 atom stereocenters. The van der Waals surface area contributed by atoms with Crippen LogP contribution in [0.15, 0.2) is 0 Å². The van der Waals surface area contributed by atoms with E-state index in [0.717, 1.165) is 32.0 Å². The van der Waals surface area contributed by atoms with Crippen LogP contribution in [0, 0.1) is 5.92 Å². The molecule has 0 saturated carbocycles. The highest BCUT2D eigenvalue weighted by atomic mass is 16.6. The van der Waals surface area contributed by atoms with Gasteiger partial charge < -0.3 is 15.0 Å². The lowest BCUT2D eigenvalue weighted by molar-refractivity contribution is 0.0258. The second-order valence-electron chi connectivity index (χ2n) is 6.35. The molecule has 1 N–H and O–H groups in total. The van der Waals surface area contributed by atoms with Gasteiger partial charge in [0.1, 0.15) is 5.60 Å². The average molecular weight is 272 g/mol. The van der Waals surface area contributed by atoms with E-state index in [0.29, 0.717) is 6.54 Å². The fourth-order valence-electron chi connectivity index (χ4n) is 1.62. The lowest BCUT2D eigenvalue weighted by Crippen LogP contribution is -2.38. The zero-order chi connectivity index (χ0) is 14.9. The van der Waals surface area contributed by atoms with E-state index in [1.807, 2.05) is 27.7 Å². The summed E-state index contributed by atoms with van der Waals surface area (Å²) >= 11 is 0. The molecule has 19 heavy (non-hydrogen) atoms. The van der Waals surface area contributed by atoms with Gasteiger partial charge in [-0.1, -0.05) is 13.8 Å². The summed E-state index contributed by atoms with van der Waals surface area (Å²) in [5.41, 5.74) is -0.417. The van der Waals surface area contributed by atoms with Crippen molar-refractivity contribution in [2.75, 3.05) is 26.2 Å². The van der Waals surface area contributed by atoms with Crippen LogP contribution in [0.1, 0.15) is 54.4 Å². The van der Waals surface area contributed by atoms with E-state index in [1.54, 1.807) is 4.90 Å². The van der Waals surface area contributed by atoms with Gasteiger partial charge in [0, 0.05) is 13.1 Å². The number of carbonyl (C=O) groups is 1. The monoisotopic (exact) mass is 272 g/mol. The minimum absolute atomic E-state index is 0.211. The number of carbonyl (C=O) groups excluding carboxylic acids is 1. The topological polar surface area (TPSA) is 41.6 Å². The van der Waals surface area contributed by atoms with E-state index < -0.39 is 5.60 Å². The second-order valence-corrected chi connectivity index (χ2v) is 6.35. The normalized spacial score (nSPS) is 11.7. The van der Waals surface area contributed by atoms with Gasteiger partial charge in [0.2, 0.25) is 0 Å². The number of nitrogens with zero attached hydrogens (tertiary/aromatic N) is 1. The fraction of sp³-hybridized carbons (Fsp3) is 0.933. The molecule has 0 spiro atoms. The first-order valence-corrected chi connectivity index (χ1v) is 7.45. The Bertz CT molecular complexity index is 247. The third kappa shape index (κ3) is 10.8. The number of amides is 1. The van der Waals surface area contributed by atoms with E-state index in [2.05, 4.69) is 19.2 Å². The molecule has 0 saturated heterocycles. The highest BCUT2D eigenvalue weighted by Gasteiger charge is 2.20. The number of nitrogens with one attached hydrogen (secondary N) is 1. The first-order valence-electron chi connectivity index (χ1n) is 7.45. The Labute approximate surface area is 118 Å². The van der Waals surface area contributed by atoms with Gasteiger partial charge in [-0.25, -0.2) is 4.79 Å². The summed E-state index contributed by atoms with van der Waals surface area (Å²) in [6.07, 6.45) is 1.95. The highest BCUT2D eigenvalue weighted by molar-refractivity contribution is 5.68. The van der Waals surface area contributed by atoms with E-state index in [9.17, 15) is 4.79 Å². The molecule has 0 aliphatic rings. The largest absolute Gasteiger partial charge is 0.444 e. The van der Waals surface area contributed by atoms with E-state index in [4.69, 9.17) is 4.74 Å². The number of hydrogen-bond acceptors (Lipinski definition) is 3. The number of rotatable bonds is 8. The minimum atomic E-state index is -0.417. The Hall–Kier alpha value is -0.770. The van der Waals surface area contributed by atoms with Crippen LogP contribution in [0.3, 0.4) is 0 Å². The smallest absolute Gasteiger partial charge is 0.410 e. The average Bonchev–Trinajstić information content (AvgIpc) is 2.25. The van der Waals surface area contributed by atoms with E-state index in [-0.39, 0.29) is 6.09 Å². The molecule has 1 amide bonds. The Morgan fingerprint density at radius 2 is 1.89 bits per heavy atom. The van der Waals surface area contributed by atoms with Crippen LogP contribution in [0.25, 0.3) is 0 Å².